The van der Waals surface area contributed by atoms with Gasteiger partial charge < -0.3 is 9.32 Å². The molecule has 2 aromatic carbocycles. The van der Waals surface area contributed by atoms with Crippen molar-refractivity contribution < 1.29 is 17.6 Å². The van der Waals surface area contributed by atoms with Gasteiger partial charge in [-0.05, 0) is 54.6 Å². The normalized spacial score (nSPS) is 11.2. The van der Waals surface area contributed by atoms with Gasteiger partial charge in [-0.1, -0.05) is 23.2 Å². The molecule has 0 radical (unpaired) electrons. The van der Waals surface area contributed by atoms with Crippen LogP contribution in [-0.4, -0.2) is 26.3 Å². The Morgan fingerprint density at radius 2 is 1.82 bits per heavy atom. The Kier molecular flexibility index (Phi) is 5.98. The highest BCUT2D eigenvalue weighted by Crippen LogP contribution is 2.25. The maximum atomic E-state index is 12.6. The summed E-state index contributed by atoms with van der Waals surface area (Å²) in [6.45, 7) is 0.285. The van der Waals surface area contributed by atoms with Crippen LogP contribution in [0.3, 0.4) is 0 Å². The van der Waals surface area contributed by atoms with Crippen LogP contribution in [0, 0.1) is 0 Å². The highest BCUT2D eigenvalue weighted by Gasteiger charge is 2.19. The van der Waals surface area contributed by atoms with Crippen molar-refractivity contribution >= 4 is 44.8 Å². The van der Waals surface area contributed by atoms with Crippen LogP contribution < -0.4 is 4.72 Å². The number of carbonyl (C=O) groups is 1. The van der Waals surface area contributed by atoms with E-state index in [9.17, 15) is 13.2 Å². The molecule has 1 amide bonds. The van der Waals surface area contributed by atoms with E-state index in [1.165, 1.54) is 53.6 Å². The SMILES string of the molecule is CN(Cc1ccco1)C(=O)c1ccc(NS(=O)(=O)c2ccc(Cl)cc2)cc1Cl. The van der Waals surface area contributed by atoms with Crippen LogP contribution in [-0.2, 0) is 16.6 Å². The predicted octanol–water partition coefficient (Wildman–Crippen LogP) is 4.66. The molecule has 9 heteroatoms. The van der Waals surface area contributed by atoms with Gasteiger partial charge in [0.1, 0.15) is 5.76 Å². The van der Waals surface area contributed by atoms with Crippen molar-refractivity contribution in [3.63, 3.8) is 0 Å². The Bertz CT molecular complexity index is 1080. The van der Waals surface area contributed by atoms with Crippen molar-refractivity contribution in [1.82, 2.24) is 4.90 Å². The van der Waals surface area contributed by atoms with Crippen LogP contribution in [0.4, 0.5) is 5.69 Å². The van der Waals surface area contributed by atoms with E-state index in [1.807, 2.05) is 0 Å². The summed E-state index contributed by atoms with van der Waals surface area (Å²) in [5, 5.41) is 0.566. The fourth-order valence-corrected chi connectivity index (χ4v) is 3.93. The lowest BCUT2D eigenvalue weighted by Crippen LogP contribution is -2.26. The largest absolute Gasteiger partial charge is 0.467 e. The molecule has 0 unspecified atom stereocenters. The molecule has 3 aromatic rings. The van der Waals surface area contributed by atoms with Gasteiger partial charge in [-0.2, -0.15) is 0 Å². The summed E-state index contributed by atoms with van der Waals surface area (Å²) in [7, 11) is -2.18. The van der Waals surface area contributed by atoms with E-state index < -0.39 is 10.0 Å². The molecule has 0 spiro atoms. The van der Waals surface area contributed by atoms with Crippen molar-refractivity contribution in [3.8, 4) is 0 Å². The molecule has 0 aliphatic heterocycles. The Balaban J connectivity index is 1.76. The lowest BCUT2D eigenvalue weighted by atomic mass is 10.2. The summed E-state index contributed by atoms with van der Waals surface area (Å²) in [6, 6.07) is 13.6. The molecule has 6 nitrogen and oxygen atoms in total. The summed E-state index contributed by atoms with van der Waals surface area (Å²) < 4.78 is 32.6. The van der Waals surface area contributed by atoms with E-state index in [-0.39, 0.29) is 33.6 Å². The quantitative estimate of drug-likeness (QED) is 0.606. The van der Waals surface area contributed by atoms with Crippen LogP contribution in [0.1, 0.15) is 16.1 Å². The summed E-state index contributed by atoms with van der Waals surface area (Å²) in [5.74, 6) is 0.327. The topological polar surface area (TPSA) is 79.6 Å². The van der Waals surface area contributed by atoms with Crippen molar-refractivity contribution in [1.29, 1.82) is 0 Å². The smallest absolute Gasteiger partial charge is 0.261 e. The maximum absolute atomic E-state index is 12.6. The zero-order valence-electron chi connectivity index (χ0n) is 14.7. The minimum absolute atomic E-state index is 0.0614. The number of hydrogen-bond acceptors (Lipinski definition) is 4. The van der Waals surface area contributed by atoms with Gasteiger partial charge in [-0.3, -0.25) is 9.52 Å². The van der Waals surface area contributed by atoms with Crippen LogP contribution >= 0.6 is 23.2 Å². The Labute approximate surface area is 172 Å². The molecule has 0 fully saturated rings. The second-order valence-electron chi connectivity index (χ2n) is 5.99. The summed E-state index contributed by atoms with van der Waals surface area (Å²) in [4.78, 5) is 14.1. The number of nitrogens with zero attached hydrogens (tertiary/aromatic N) is 1. The maximum Gasteiger partial charge on any atom is 0.261 e. The summed E-state index contributed by atoms with van der Waals surface area (Å²) in [6.07, 6.45) is 1.53. The lowest BCUT2D eigenvalue weighted by molar-refractivity contribution is 0.0775. The highest BCUT2D eigenvalue weighted by molar-refractivity contribution is 7.92. The first-order valence-corrected chi connectivity index (χ1v) is 10.4. The van der Waals surface area contributed by atoms with Gasteiger partial charge >= 0.3 is 0 Å². The number of rotatable bonds is 6. The second-order valence-corrected chi connectivity index (χ2v) is 8.52. The van der Waals surface area contributed by atoms with Gasteiger partial charge in [-0.25, -0.2) is 8.42 Å². The molecule has 28 heavy (non-hydrogen) atoms. The fraction of sp³-hybridized carbons (Fsp3) is 0.105. The molecule has 3 rings (SSSR count). The van der Waals surface area contributed by atoms with Gasteiger partial charge in [0.2, 0.25) is 0 Å². The number of carbonyl (C=O) groups excluding carboxylic acids is 1. The number of benzene rings is 2. The third-order valence-corrected chi connectivity index (χ3v) is 5.86. The number of hydrogen-bond donors (Lipinski definition) is 1. The average molecular weight is 439 g/mol. The van der Waals surface area contributed by atoms with E-state index in [0.29, 0.717) is 10.8 Å². The minimum Gasteiger partial charge on any atom is -0.467 e. The molecule has 146 valence electrons. The molecule has 1 aromatic heterocycles. The molecule has 0 atom stereocenters. The van der Waals surface area contributed by atoms with E-state index in [1.54, 1.807) is 19.2 Å². The Hall–Kier alpha value is -2.48. The van der Waals surface area contributed by atoms with Crippen LogP contribution in [0.25, 0.3) is 0 Å². The molecule has 0 bridgehead atoms. The van der Waals surface area contributed by atoms with Gasteiger partial charge in [0.05, 0.1) is 34.0 Å². The Morgan fingerprint density at radius 3 is 2.43 bits per heavy atom. The molecule has 1 N–H and O–H groups in total. The third-order valence-electron chi connectivity index (χ3n) is 3.90. The van der Waals surface area contributed by atoms with Crippen LogP contribution in [0.15, 0.2) is 70.2 Å². The van der Waals surface area contributed by atoms with Crippen LogP contribution in [0.2, 0.25) is 10.0 Å². The molecular formula is C19H16Cl2N2O4S. The molecule has 0 saturated carbocycles. The van der Waals surface area contributed by atoms with Gasteiger partial charge in [-0.15, -0.1) is 0 Å². The summed E-state index contributed by atoms with van der Waals surface area (Å²) in [5.41, 5.74) is 0.496. The predicted molar refractivity (Wildman–Crippen MR) is 108 cm³/mol. The number of amides is 1. The fourth-order valence-electron chi connectivity index (χ4n) is 2.49. The number of sulfonamides is 1. The number of nitrogens with one attached hydrogen (secondary N) is 1. The van der Waals surface area contributed by atoms with E-state index in [4.69, 9.17) is 27.6 Å². The lowest BCUT2D eigenvalue weighted by Gasteiger charge is -2.17. The van der Waals surface area contributed by atoms with E-state index >= 15 is 0 Å². The minimum atomic E-state index is -3.81. The number of anilines is 1. The van der Waals surface area contributed by atoms with E-state index in [0.717, 1.165) is 0 Å². The first-order chi connectivity index (χ1) is 13.3. The van der Waals surface area contributed by atoms with Gasteiger partial charge in [0, 0.05) is 12.1 Å². The number of halogens is 2. The monoisotopic (exact) mass is 438 g/mol. The first kappa shape index (κ1) is 20.3. The second kappa shape index (κ2) is 8.26. The van der Waals surface area contributed by atoms with Crippen LogP contribution in [0.5, 0.6) is 0 Å². The van der Waals surface area contributed by atoms with E-state index in [2.05, 4.69) is 4.72 Å². The molecule has 0 saturated heterocycles. The van der Waals surface area contributed by atoms with Crippen molar-refractivity contribution in [2.75, 3.05) is 11.8 Å². The van der Waals surface area contributed by atoms with Crippen molar-refractivity contribution in [2.24, 2.45) is 0 Å². The molecular weight excluding hydrogens is 423 g/mol. The standard InChI is InChI=1S/C19H16Cl2N2O4S/c1-23(12-15-3-2-10-27-15)19(24)17-9-6-14(11-18(17)21)22-28(25,26)16-7-4-13(20)5-8-16/h2-11,22H,12H2,1H3. The van der Waals surface area contributed by atoms with Gasteiger partial charge in [0.15, 0.2) is 0 Å². The molecule has 0 aliphatic rings. The van der Waals surface area contributed by atoms with Crippen molar-refractivity contribution in [2.45, 2.75) is 11.4 Å². The summed E-state index contributed by atoms with van der Waals surface area (Å²) >= 11 is 12.0. The van der Waals surface area contributed by atoms with Crippen molar-refractivity contribution in [3.05, 3.63) is 82.2 Å². The Morgan fingerprint density at radius 1 is 1.11 bits per heavy atom. The highest BCUT2D eigenvalue weighted by atomic mass is 35.5. The molecule has 0 aliphatic carbocycles. The first-order valence-electron chi connectivity index (χ1n) is 8.12. The van der Waals surface area contributed by atoms with Gasteiger partial charge in [0.25, 0.3) is 15.9 Å². The zero-order chi connectivity index (χ0) is 20.3. The third kappa shape index (κ3) is 4.67. The molecule has 1 heterocycles. The zero-order valence-corrected chi connectivity index (χ0v) is 17.1. The number of furan rings is 1. The average Bonchev–Trinajstić information content (AvgIpc) is 3.14.